The van der Waals surface area contributed by atoms with Gasteiger partial charge in [-0.2, -0.15) is 13.2 Å². The van der Waals surface area contributed by atoms with Gasteiger partial charge in [0.2, 0.25) is 0 Å². The van der Waals surface area contributed by atoms with Crippen molar-refractivity contribution >= 4 is 11.9 Å². The number of aliphatic carboxylic acids is 1. The third-order valence-electron chi connectivity index (χ3n) is 6.16. The highest BCUT2D eigenvalue weighted by atomic mass is 19.4. The monoisotopic (exact) mass is 577 g/mol. The normalized spacial score (nSPS) is 13.7. The SMILES string of the molecule is CN(C)CCN(C)CC(O)COc1ccc(-c2cc(-c3cc4c([nH]3)CCNC4=O)ccn2)cc1.O=C(O)C(F)(F)F. The fourth-order valence-corrected chi connectivity index (χ4v) is 3.99. The second-order valence-electron chi connectivity index (χ2n) is 9.87. The Morgan fingerprint density at radius 1 is 1.10 bits per heavy atom. The van der Waals surface area contributed by atoms with E-state index in [0.717, 1.165) is 47.7 Å². The van der Waals surface area contributed by atoms with Gasteiger partial charge in [0.25, 0.3) is 5.91 Å². The summed E-state index contributed by atoms with van der Waals surface area (Å²) in [5.74, 6) is -2.08. The number of pyridine rings is 1. The summed E-state index contributed by atoms with van der Waals surface area (Å²) < 4.78 is 37.5. The van der Waals surface area contributed by atoms with E-state index < -0.39 is 18.2 Å². The summed E-state index contributed by atoms with van der Waals surface area (Å²) in [6.07, 6.45) is -3.06. The first-order valence-corrected chi connectivity index (χ1v) is 12.8. The van der Waals surface area contributed by atoms with Crippen LogP contribution in [0.4, 0.5) is 13.2 Å². The molecule has 1 amide bonds. The minimum atomic E-state index is -5.08. The van der Waals surface area contributed by atoms with Crippen molar-refractivity contribution in [1.82, 2.24) is 25.1 Å². The summed E-state index contributed by atoms with van der Waals surface area (Å²) in [5, 5.41) is 20.3. The molecule has 1 aliphatic heterocycles. The van der Waals surface area contributed by atoms with Gasteiger partial charge in [0, 0.05) is 61.3 Å². The maximum Gasteiger partial charge on any atom is 0.490 e. The van der Waals surface area contributed by atoms with E-state index in [1.807, 2.05) is 63.6 Å². The van der Waals surface area contributed by atoms with Crippen LogP contribution in [0.1, 0.15) is 16.1 Å². The molecular weight excluding hydrogens is 543 g/mol. The van der Waals surface area contributed by atoms with Gasteiger partial charge in [0.1, 0.15) is 18.5 Å². The number of nitrogens with one attached hydrogen (secondary N) is 2. The number of aliphatic hydroxyl groups excluding tert-OH is 1. The molecule has 0 aliphatic carbocycles. The molecule has 4 rings (SSSR count). The third-order valence-corrected chi connectivity index (χ3v) is 6.16. The van der Waals surface area contributed by atoms with Gasteiger partial charge in [-0.1, -0.05) is 0 Å². The van der Waals surface area contributed by atoms with Gasteiger partial charge in [-0.3, -0.25) is 9.78 Å². The Hall–Kier alpha value is -3.94. The summed E-state index contributed by atoms with van der Waals surface area (Å²) in [5.41, 5.74) is 5.39. The molecule has 1 unspecified atom stereocenters. The van der Waals surface area contributed by atoms with Crippen molar-refractivity contribution in [2.45, 2.75) is 18.7 Å². The van der Waals surface area contributed by atoms with Gasteiger partial charge in [-0.25, -0.2) is 4.79 Å². The number of carboxylic acid groups (broad SMARTS) is 1. The summed E-state index contributed by atoms with van der Waals surface area (Å²) in [6, 6.07) is 13.6. The Labute approximate surface area is 235 Å². The molecule has 4 N–H and O–H groups in total. The van der Waals surface area contributed by atoms with Crippen molar-refractivity contribution in [2.75, 3.05) is 53.9 Å². The van der Waals surface area contributed by atoms with Gasteiger partial charge in [0.05, 0.1) is 11.3 Å². The van der Waals surface area contributed by atoms with E-state index in [4.69, 9.17) is 14.6 Å². The van der Waals surface area contributed by atoms with Crippen LogP contribution in [0.5, 0.6) is 5.75 Å². The van der Waals surface area contributed by atoms with Crippen LogP contribution in [0, 0.1) is 0 Å². The highest BCUT2D eigenvalue weighted by Gasteiger charge is 2.38. The molecule has 0 saturated carbocycles. The number of aliphatic hydroxyl groups is 1. The van der Waals surface area contributed by atoms with E-state index in [-0.39, 0.29) is 12.5 Å². The fourth-order valence-electron chi connectivity index (χ4n) is 3.99. The molecule has 0 spiro atoms. The van der Waals surface area contributed by atoms with E-state index in [0.29, 0.717) is 24.4 Å². The lowest BCUT2D eigenvalue weighted by atomic mass is 10.1. The van der Waals surface area contributed by atoms with Gasteiger partial charge < -0.3 is 35.1 Å². The zero-order valence-electron chi connectivity index (χ0n) is 23.0. The molecule has 0 fully saturated rings. The predicted molar refractivity (Wildman–Crippen MR) is 147 cm³/mol. The highest BCUT2D eigenvalue weighted by Crippen LogP contribution is 2.28. The first-order chi connectivity index (χ1) is 19.3. The van der Waals surface area contributed by atoms with E-state index in [1.54, 1.807) is 6.20 Å². The van der Waals surface area contributed by atoms with Crippen molar-refractivity contribution in [3.63, 3.8) is 0 Å². The number of likely N-dealkylation sites (N-methyl/N-ethyl adjacent to an activating group) is 2. The van der Waals surface area contributed by atoms with Crippen LogP contribution in [0.2, 0.25) is 0 Å². The average Bonchev–Trinajstić information content (AvgIpc) is 3.37. The number of hydrogen-bond donors (Lipinski definition) is 4. The smallest absolute Gasteiger partial charge is 0.490 e. The molecule has 1 aromatic carbocycles. The standard InChI is InChI=1S/C26H33N5O3.C2HF3O2/c1-30(2)12-13-31(3)16-20(32)17-34-21-6-4-18(5-7-21)24-14-19(8-10-27-24)25-15-22-23(29-25)9-11-28-26(22)33;3-2(4,5)1(6)7/h4-8,10,14-15,20,29,32H,9,11-13,16-17H2,1-3H3,(H,28,33);(H,6,7). The Morgan fingerprint density at radius 3 is 2.39 bits per heavy atom. The van der Waals surface area contributed by atoms with E-state index in [9.17, 15) is 23.1 Å². The average molecular weight is 578 g/mol. The molecule has 0 radical (unpaired) electrons. The van der Waals surface area contributed by atoms with Crippen LogP contribution in [0.3, 0.4) is 0 Å². The number of halogens is 3. The first kappa shape index (κ1) is 31.6. The second-order valence-corrected chi connectivity index (χ2v) is 9.87. The van der Waals surface area contributed by atoms with Gasteiger partial charge >= 0.3 is 12.1 Å². The number of aromatic nitrogens is 2. The molecule has 13 heteroatoms. The maximum atomic E-state index is 12.1. The molecule has 3 heterocycles. The number of rotatable bonds is 10. The number of H-pyrrole nitrogens is 1. The van der Waals surface area contributed by atoms with Crippen molar-refractivity contribution < 1.29 is 37.7 Å². The molecule has 1 atom stereocenters. The molecule has 0 bridgehead atoms. The number of carbonyl (C=O) groups excluding carboxylic acids is 1. The number of alkyl halides is 3. The number of carbonyl (C=O) groups is 2. The van der Waals surface area contributed by atoms with Crippen LogP contribution < -0.4 is 10.1 Å². The van der Waals surface area contributed by atoms with Crippen LogP contribution >= 0.6 is 0 Å². The van der Waals surface area contributed by atoms with Crippen molar-refractivity contribution in [1.29, 1.82) is 0 Å². The lowest BCUT2D eigenvalue weighted by Crippen LogP contribution is -2.36. The Kier molecular flexibility index (Phi) is 10.9. The van der Waals surface area contributed by atoms with Crippen LogP contribution in [-0.2, 0) is 11.2 Å². The topological polar surface area (TPSA) is 131 Å². The van der Waals surface area contributed by atoms with Gasteiger partial charge in [-0.05, 0) is 63.6 Å². The lowest BCUT2D eigenvalue weighted by Gasteiger charge is -2.22. The number of aromatic amines is 1. The molecule has 1 aliphatic rings. The number of ether oxygens (including phenoxy) is 1. The molecule has 41 heavy (non-hydrogen) atoms. The van der Waals surface area contributed by atoms with Crippen LogP contribution in [0.25, 0.3) is 22.5 Å². The zero-order chi connectivity index (χ0) is 30.2. The lowest BCUT2D eigenvalue weighted by molar-refractivity contribution is -0.192. The van der Waals surface area contributed by atoms with E-state index in [1.165, 1.54) is 0 Å². The number of nitrogens with zero attached hydrogens (tertiary/aromatic N) is 3. The minimum absolute atomic E-state index is 0.0288. The van der Waals surface area contributed by atoms with E-state index in [2.05, 4.69) is 25.1 Å². The quantitative estimate of drug-likeness (QED) is 0.290. The zero-order valence-corrected chi connectivity index (χ0v) is 23.0. The van der Waals surface area contributed by atoms with Gasteiger partial charge in [-0.15, -0.1) is 0 Å². The Bertz CT molecular complexity index is 1310. The predicted octanol–water partition coefficient (Wildman–Crippen LogP) is 2.90. The third kappa shape index (κ3) is 9.59. The molecule has 2 aromatic heterocycles. The highest BCUT2D eigenvalue weighted by molar-refractivity contribution is 5.97. The van der Waals surface area contributed by atoms with E-state index >= 15 is 0 Å². The molecular formula is C28H34F3N5O5. The largest absolute Gasteiger partial charge is 0.491 e. The maximum absolute atomic E-state index is 12.1. The van der Waals surface area contributed by atoms with Crippen LogP contribution in [0.15, 0.2) is 48.7 Å². The van der Waals surface area contributed by atoms with Crippen LogP contribution in [-0.4, -0.2) is 108 Å². The molecule has 3 aromatic rings. The number of amides is 1. The Morgan fingerprint density at radius 2 is 1.78 bits per heavy atom. The summed E-state index contributed by atoms with van der Waals surface area (Å²) >= 11 is 0. The summed E-state index contributed by atoms with van der Waals surface area (Å²) in [6.45, 7) is 3.30. The number of carboxylic acids is 1. The number of fused-ring (bicyclic) bond motifs is 1. The first-order valence-electron chi connectivity index (χ1n) is 12.8. The molecule has 222 valence electrons. The summed E-state index contributed by atoms with van der Waals surface area (Å²) in [7, 11) is 6.07. The fraction of sp³-hybridized carbons (Fsp3) is 0.393. The molecule has 0 saturated heterocycles. The van der Waals surface area contributed by atoms with Gasteiger partial charge in [0.15, 0.2) is 0 Å². The number of benzene rings is 1. The Balaban J connectivity index is 0.000000587. The minimum Gasteiger partial charge on any atom is -0.491 e. The van der Waals surface area contributed by atoms with Crippen molar-refractivity contribution in [3.05, 3.63) is 59.9 Å². The van der Waals surface area contributed by atoms with Crippen molar-refractivity contribution in [3.8, 4) is 28.3 Å². The number of hydrogen-bond acceptors (Lipinski definition) is 7. The second kappa shape index (κ2) is 14.1. The molecule has 10 nitrogen and oxygen atoms in total. The summed E-state index contributed by atoms with van der Waals surface area (Å²) in [4.78, 5) is 33.1. The van der Waals surface area contributed by atoms with Crippen molar-refractivity contribution in [2.24, 2.45) is 0 Å².